The van der Waals surface area contributed by atoms with E-state index in [4.69, 9.17) is 4.74 Å². The van der Waals surface area contributed by atoms with Gasteiger partial charge in [0, 0.05) is 35.9 Å². The number of rotatable bonds is 4. The van der Waals surface area contributed by atoms with Crippen LogP contribution in [0.1, 0.15) is 5.56 Å². The first-order valence-corrected chi connectivity index (χ1v) is 9.35. The average Bonchev–Trinajstić information content (AvgIpc) is 2.67. The third-order valence-corrected chi connectivity index (χ3v) is 4.93. The summed E-state index contributed by atoms with van der Waals surface area (Å²) in [6.45, 7) is 1.91. The van der Waals surface area contributed by atoms with Gasteiger partial charge in [-0.1, -0.05) is 0 Å². The van der Waals surface area contributed by atoms with E-state index in [1.165, 1.54) is 6.07 Å². The number of amides is 1. The monoisotopic (exact) mass is 491 g/mol. The van der Waals surface area contributed by atoms with E-state index in [0.717, 1.165) is 15.8 Å². The van der Waals surface area contributed by atoms with Crippen molar-refractivity contribution in [2.45, 2.75) is 6.18 Å². The molecule has 1 aliphatic heterocycles. The summed E-state index contributed by atoms with van der Waals surface area (Å²) >= 11 is 2.19. The Hall–Kier alpha value is -2.04. The number of carbonyl (C=O) groups excluding carboxylic acids is 1. The van der Waals surface area contributed by atoms with Gasteiger partial charge in [0.15, 0.2) is 6.61 Å². The lowest BCUT2D eigenvalue weighted by Crippen LogP contribution is -2.50. The molecule has 0 atom stereocenters. The molecule has 1 saturated heterocycles. The zero-order valence-corrected chi connectivity index (χ0v) is 16.4. The fourth-order valence-electron chi connectivity index (χ4n) is 2.69. The number of aromatic nitrogens is 1. The summed E-state index contributed by atoms with van der Waals surface area (Å²) in [5, 5.41) is 0. The molecule has 0 bridgehead atoms. The molecule has 27 heavy (non-hydrogen) atoms. The van der Waals surface area contributed by atoms with Crippen molar-refractivity contribution in [3.63, 3.8) is 0 Å². The Morgan fingerprint density at radius 1 is 1.07 bits per heavy atom. The summed E-state index contributed by atoms with van der Waals surface area (Å²) in [7, 11) is 0. The van der Waals surface area contributed by atoms with E-state index in [0.29, 0.717) is 37.7 Å². The lowest BCUT2D eigenvalue weighted by molar-refractivity contribution is -0.138. The lowest BCUT2D eigenvalue weighted by atomic mass is 10.2. The molecule has 5 nitrogen and oxygen atoms in total. The van der Waals surface area contributed by atoms with Crippen molar-refractivity contribution in [3.8, 4) is 5.75 Å². The third kappa shape index (κ3) is 5.24. The van der Waals surface area contributed by atoms with Crippen molar-refractivity contribution in [2.75, 3.05) is 37.7 Å². The van der Waals surface area contributed by atoms with Gasteiger partial charge in [-0.05, 0) is 59.0 Å². The minimum Gasteiger partial charge on any atom is -0.484 e. The van der Waals surface area contributed by atoms with Crippen LogP contribution >= 0.6 is 22.6 Å². The van der Waals surface area contributed by atoms with Gasteiger partial charge in [0.25, 0.3) is 5.91 Å². The molecule has 1 aromatic heterocycles. The summed E-state index contributed by atoms with van der Waals surface area (Å²) in [5.41, 5.74) is -0.771. The number of hydrogen-bond acceptors (Lipinski definition) is 4. The number of ether oxygens (including phenoxy) is 1. The Bertz CT molecular complexity index is 774. The molecular weight excluding hydrogens is 474 g/mol. The predicted molar refractivity (Wildman–Crippen MR) is 103 cm³/mol. The molecule has 0 saturated carbocycles. The number of pyridine rings is 1. The first-order chi connectivity index (χ1) is 12.8. The van der Waals surface area contributed by atoms with Gasteiger partial charge in [0.05, 0.1) is 5.56 Å². The predicted octanol–water partition coefficient (Wildman–Crippen LogP) is 3.43. The van der Waals surface area contributed by atoms with E-state index >= 15 is 0 Å². The summed E-state index contributed by atoms with van der Waals surface area (Å²) < 4.78 is 44.4. The SMILES string of the molecule is O=C(COc1ccc(I)cc1)N1CCN(c2ccc(C(F)(F)F)cn2)CC1. The van der Waals surface area contributed by atoms with Crippen molar-refractivity contribution in [2.24, 2.45) is 0 Å². The first kappa shape index (κ1) is 19.7. The summed E-state index contributed by atoms with van der Waals surface area (Å²) in [5.74, 6) is 0.996. The maximum atomic E-state index is 12.6. The number of hydrogen-bond donors (Lipinski definition) is 0. The highest BCUT2D eigenvalue weighted by Crippen LogP contribution is 2.29. The van der Waals surface area contributed by atoms with Gasteiger partial charge in [0.1, 0.15) is 11.6 Å². The minimum atomic E-state index is -4.40. The third-order valence-electron chi connectivity index (χ3n) is 4.21. The number of halogens is 4. The van der Waals surface area contributed by atoms with Crippen LogP contribution in [0.25, 0.3) is 0 Å². The van der Waals surface area contributed by atoms with Crippen molar-refractivity contribution in [3.05, 3.63) is 51.7 Å². The molecule has 1 fully saturated rings. The van der Waals surface area contributed by atoms with Crippen molar-refractivity contribution in [1.29, 1.82) is 0 Å². The van der Waals surface area contributed by atoms with Crippen LogP contribution in [0.5, 0.6) is 5.75 Å². The molecule has 9 heteroatoms. The number of anilines is 1. The Morgan fingerprint density at radius 2 is 1.74 bits per heavy atom. The van der Waals surface area contributed by atoms with Crippen molar-refractivity contribution >= 4 is 34.3 Å². The molecule has 1 aromatic carbocycles. The van der Waals surface area contributed by atoms with Crippen molar-refractivity contribution < 1.29 is 22.7 Å². The standard InChI is InChI=1S/C18H17F3IN3O2/c19-18(20,21)13-1-6-16(23-11-13)24-7-9-25(10-8-24)17(26)12-27-15-4-2-14(22)3-5-15/h1-6,11H,7-10,12H2. The molecule has 1 amide bonds. The van der Waals surface area contributed by atoms with Gasteiger partial charge < -0.3 is 14.5 Å². The number of benzene rings is 1. The number of alkyl halides is 3. The summed E-state index contributed by atoms with van der Waals surface area (Å²) in [6.07, 6.45) is -3.56. The minimum absolute atomic E-state index is 0.0425. The second-order valence-corrected chi connectivity index (χ2v) is 7.26. The van der Waals surface area contributed by atoms with Crippen LogP contribution in [0.4, 0.5) is 19.0 Å². The molecule has 2 aromatic rings. The molecule has 0 aliphatic carbocycles. The number of nitrogens with zero attached hydrogens (tertiary/aromatic N) is 3. The van der Waals surface area contributed by atoms with Gasteiger partial charge >= 0.3 is 6.18 Å². The molecule has 0 N–H and O–H groups in total. The molecule has 3 rings (SSSR count). The smallest absolute Gasteiger partial charge is 0.417 e. The van der Waals surface area contributed by atoms with E-state index in [1.807, 2.05) is 29.2 Å². The Labute approximate surface area is 168 Å². The quantitative estimate of drug-likeness (QED) is 0.616. The van der Waals surface area contributed by atoms with Crippen LogP contribution in [0.3, 0.4) is 0 Å². The number of carbonyl (C=O) groups is 1. The van der Waals surface area contributed by atoms with Crippen LogP contribution in [-0.2, 0) is 11.0 Å². The highest BCUT2D eigenvalue weighted by atomic mass is 127. The first-order valence-electron chi connectivity index (χ1n) is 8.27. The Morgan fingerprint density at radius 3 is 2.30 bits per heavy atom. The second-order valence-electron chi connectivity index (χ2n) is 6.01. The van der Waals surface area contributed by atoms with Crippen LogP contribution < -0.4 is 9.64 Å². The Kier molecular flexibility index (Phi) is 6.08. The molecular formula is C18H17F3IN3O2. The topological polar surface area (TPSA) is 45.7 Å². The highest BCUT2D eigenvalue weighted by Gasteiger charge is 2.31. The van der Waals surface area contributed by atoms with Crippen LogP contribution in [0, 0.1) is 3.57 Å². The normalized spacial score (nSPS) is 15.0. The van der Waals surface area contributed by atoms with E-state index in [1.54, 1.807) is 4.90 Å². The molecule has 1 aliphatic rings. The zero-order chi connectivity index (χ0) is 19.4. The summed E-state index contributed by atoms with van der Waals surface area (Å²) in [4.78, 5) is 19.7. The van der Waals surface area contributed by atoms with Gasteiger partial charge in [-0.2, -0.15) is 13.2 Å². The van der Waals surface area contributed by atoms with Crippen molar-refractivity contribution in [1.82, 2.24) is 9.88 Å². The lowest BCUT2D eigenvalue weighted by Gasteiger charge is -2.35. The maximum absolute atomic E-state index is 12.6. The van der Waals surface area contributed by atoms with Crippen LogP contribution in [0.2, 0.25) is 0 Å². The number of piperazine rings is 1. The van der Waals surface area contributed by atoms with E-state index in [-0.39, 0.29) is 12.5 Å². The van der Waals surface area contributed by atoms with Gasteiger partial charge in [0.2, 0.25) is 0 Å². The maximum Gasteiger partial charge on any atom is 0.417 e. The second kappa shape index (κ2) is 8.32. The largest absolute Gasteiger partial charge is 0.484 e. The average molecular weight is 491 g/mol. The van der Waals surface area contributed by atoms with Crippen LogP contribution in [-0.4, -0.2) is 48.6 Å². The van der Waals surface area contributed by atoms with E-state index in [2.05, 4.69) is 27.6 Å². The van der Waals surface area contributed by atoms with Gasteiger partial charge in [-0.25, -0.2) is 4.98 Å². The van der Waals surface area contributed by atoms with E-state index < -0.39 is 11.7 Å². The summed E-state index contributed by atoms with van der Waals surface area (Å²) in [6, 6.07) is 9.80. The fraction of sp³-hybridized carbons (Fsp3) is 0.333. The van der Waals surface area contributed by atoms with Gasteiger partial charge in [-0.15, -0.1) is 0 Å². The zero-order valence-electron chi connectivity index (χ0n) is 14.2. The Balaban J connectivity index is 1.49. The molecule has 144 valence electrons. The molecule has 0 unspecified atom stereocenters. The fourth-order valence-corrected chi connectivity index (χ4v) is 3.05. The van der Waals surface area contributed by atoms with Crippen LogP contribution in [0.15, 0.2) is 42.6 Å². The molecule has 0 spiro atoms. The van der Waals surface area contributed by atoms with E-state index in [9.17, 15) is 18.0 Å². The molecule has 0 radical (unpaired) electrons. The molecule has 2 heterocycles. The highest BCUT2D eigenvalue weighted by molar-refractivity contribution is 14.1. The van der Waals surface area contributed by atoms with Gasteiger partial charge in [-0.3, -0.25) is 4.79 Å².